The number of carboxylic acid groups (broad SMARTS) is 1. The van der Waals surface area contributed by atoms with Crippen LogP contribution in [-0.2, 0) is 0 Å². The number of benzene rings is 2. The van der Waals surface area contributed by atoms with Gasteiger partial charge in [0.1, 0.15) is 0 Å². The zero-order valence-electron chi connectivity index (χ0n) is 9.88. The Morgan fingerprint density at radius 2 is 1.79 bits per heavy atom. The number of halogens is 3. The van der Waals surface area contributed by atoms with Gasteiger partial charge in [0.05, 0.1) is 5.56 Å². The molecule has 2 aromatic rings. The lowest BCUT2D eigenvalue weighted by molar-refractivity contribution is 0.0697. The summed E-state index contributed by atoms with van der Waals surface area (Å²) in [5.74, 6) is -3.30. The molecule has 2 nitrogen and oxygen atoms in total. The molecule has 0 aliphatic rings. The van der Waals surface area contributed by atoms with Crippen LogP contribution in [0.5, 0.6) is 0 Å². The lowest BCUT2D eigenvalue weighted by atomic mass is 9.98. The fraction of sp³-hybridized carbons (Fsp3) is 0.0714. The van der Waals surface area contributed by atoms with Crippen LogP contribution < -0.4 is 0 Å². The van der Waals surface area contributed by atoms with E-state index in [1.165, 1.54) is 37.3 Å². The lowest BCUT2D eigenvalue weighted by Gasteiger charge is -2.09. The molecule has 0 heterocycles. The second-order valence-electron chi connectivity index (χ2n) is 4.05. The maximum absolute atomic E-state index is 13.9. The summed E-state index contributed by atoms with van der Waals surface area (Å²) in [4.78, 5) is 11.1. The molecule has 0 aromatic heterocycles. The highest BCUT2D eigenvalue weighted by Gasteiger charge is 2.18. The molecule has 1 N–H and O–H groups in total. The van der Waals surface area contributed by atoms with Gasteiger partial charge in [0.15, 0.2) is 11.6 Å². The summed E-state index contributed by atoms with van der Waals surface area (Å²) in [6, 6.07) is 6.68. The fourth-order valence-electron chi connectivity index (χ4n) is 1.78. The fourth-order valence-corrected chi connectivity index (χ4v) is 1.95. The van der Waals surface area contributed by atoms with Gasteiger partial charge in [0, 0.05) is 16.1 Å². The van der Waals surface area contributed by atoms with Gasteiger partial charge in [-0.25, -0.2) is 13.6 Å². The Balaban J connectivity index is 2.75. The largest absolute Gasteiger partial charge is 0.478 e. The van der Waals surface area contributed by atoms with E-state index in [0.717, 1.165) is 0 Å². The molecule has 0 radical (unpaired) electrons. The van der Waals surface area contributed by atoms with E-state index < -0.39 is 17.6 Å². The topological polar surface area (TPSA) is 37.3 Å². The summed E-state index contributed by atoms with van der Waals surface area (Å²) in [7, 11) is 0. The minimum atomic E-state index is -1.23. The Hall–Kier alpha value is -1.94. The predicted molar refractivity (Wildman–Crippen MR) is 68.5 cm³/mol. The van der Waals surface area contributed by atoms with Gasteiger partial charge in [0.25, 0.3) is 0 Å². The number of hydrogen-bond donors (Lipinski definition) is 1. The van der Waals surface area contributed by atoms with Crippen LogP contribution >= 0.6 is 11.6 Å². The molecule has 0 unspecified atom stereocenters. The van der Waals surface area contributed by atoms with Gasteiger partial charge >= 0.3 is 5.97 Å². The van der Waals surface area contributed by atoms with E-state index in [1.807, 2.05) is 0 Å². The minimum absolute atomic E-state index is 0.0522. The Morgan fingerprint density at radius 1 is 1.11 bits per heavy atom. The second-order valence-corrected chi connectivity index (χ2v) is 4.49. The molecule has 0 bridgehead atoms. The summed E-state index contributed by atoms with van der Waals surface area (Å²) in [5, 5.41) is 9.32. The first-order valence-corrected chi connectivity index (χ1v) is 5.77. The molecule has 0 spiro atoms. The van der Waals surface area contributed by atoms with E-state index in [1.54, 1.807) is 0 Å². The third-order valence-electron chi connectivity index (χ3n) is 2.78. The lowest BCUT2D eigenvalue weighted by Crippen LogP contribution is -2.02. The van der Waals surface area contributed by atoms with Gasteiger partial charge in [0.2, 0.25) is 0 Å². The molecule has 0 saturated carbocycles. The van der Waals surface area contributed by atoms with Crippen molar-refractivity contribution < 1.29 is 18.7 Å². The zero-order chi connectivity index (χ0) is 14.2. The Kier molecular flexibility index (Phi) is 3.53. The minimum Gasteiger partial charge on any atom is -0.478 e. The quantitative estimate of drug-likeness (QED) is 0.892. The zero-order valence-corrected chi connectivity index (χ0v) is 10.6. The van der Waals surface area contributed by atoms with Gasteiger partial charge in [-0.3, -0.25) is 0 Å². The molecule has 0 amide bonds. The van der Waals surface area contributed by atoms with Crippen molar-refractivity contribution in [1.82, 2.24) is 0 Å². The van der Waals surface area contributed by atoms with E-state index in [9.17, 15) is 13.6 Å². The van der Waals surface area contributed by atoms with Crippen LogP contribution in [-0.4, -0.2) is 11.1 Å². The van der Waals surface area contributed by atoms with Crippen molar-refractivity contribution in [1.29, 1.82) is 0 Å². The molecule has 5 heteroatoms. The van der Waals surface area contributed by atoms with Crippen molar-refractivity contribution in [3.05, 3.63) is 58.1 Å². The van der Waals surface area contributed by atoms with Gasteiger partial charge in [-0.1, -0.05) is 23.7 Å². The van der Waals surface area contributed by atoms with Gasteiger partial charge in [-0.15, -0.1) is 0 Å². The SMILES string of the molecule is Cc1ccc(-c2cc(Cl)ccc2C(=O)O)c(F)c1F. The Bertz CT molecular complexity index is 669. The Labute approximate surface area is 113 Å². The summed E-state index contributed by atoms with van der Waals surface area (Å²) in [5.41, 5.74) is -0.0499. The molecule has 98 valence electrons. The average molecular weight is 283 g/mol. The smallest absolute Gasteiger partial charge is 0.336 e. The predicted octanol–water partition coefficient (Wildman–Crippen LogP) is 4.29. The first-order chi connectivity index (χ1) is 8.91. The number of carboxylic acids is 1. The molecule has 0 aliphatic heterocycles. The summed E-state index contributed by atoms with van der Waals surface area (Å²) < 4.78 is 27.5. The van der Waals surface area contributed by atoms with E-state index in [-0.39, 0.29) is 27.3 Å². The van der Waals surface area contributed by atoms with Crippen LogP contribution in [0.25, 0.3) is 11.1 Å². The van der Waals surface area contributed by atoms with Crippen LogP contribution in [0.3, 0.4) is 0 Å². The van der Waals surface area contributed by atoms with Gasteiger partial charge < -0.3 is 5.11 Å². The molecule has 2 aromatic carbocycles. The third kappa shape index (κ3) is 2.44. The van der Waals surface area contributed by atoms with Crippen LogP contribution in [0.1, 0.15) is 15.9 Å². The molecular weight excluding hydrogens is 274 g/mol. The van der Waals surface area contributed by atoms with E-state index in [2.05, 4.69) is 0 Å². The first kappa shape index (κ1) is 13.5. The van der Waals surface area contributed by atoms with Gasteiger partial charge in [-0.05, 0) is 30.7 Å². The van der Waals surface area contributed by atoms with Crippen molar-refractivity contribution in [2.75, 3.05) is 0 Å². The van der Waals surface area contributed by atoms with Crippen LogP contribution in [0.2, 0.25) is 5.02 Å². The van der Waals surface area contributed by atoms with Crippen molar-refractivity contribution in [2.45, 2.75) is 6.92 Å². The number of aryl methyl sites for hydroxylation is 1. The van der Waals surface area contributed by atoms with Crippen molar-refractivity contribution in [3.8, 4) is 11.1 Å². The van der Waals surface area contributed by atoms with Gasteiger partial charge in [-0.2, -0.15) is 0 Å². The second kappa shape index (κ2) is 4.97. The summed E-state index contributed by atoms with van der Waals surface area (Å²) >= 11 is 5.79. The molecule has 19 heavy (non-hydrogen) atoms. The summed E-state index contributed by atoms with van der Waals surface area (Å²) in [6.07, 6.45) is 0. The highest BCUT2D eigenvalue weighted by atomic mass is 35.5. The Morgan fingerprint density at radius 3 is 2.42 bits per heavy atom. The van der Waals surface area contributed by atoms with Crippen molar-refractivity contribution in [2.24, 2.45) is 0 Å². The molecule has 2 rings (SSSR count). The maximum Gasteiger partial charge on any atom is 0.336 e. The standard InChI is InChI=1S/C14H9ClF2O2/c1-7-2-4-9(13(17)12(7)16)11-6-8(15)3-5-10(11)14(18)19/h2-6H,1H3,(H,18,19). The first-order valence-electron chi connectivity index (χ1n) is 5.39. The number of hydrogen-bond acceptors (Lipinski definition) is 1. The van der Waals surface area contributed by atoms with E-state index in [4.69, 9.17) is 16.7 Å². The normalized spacial score (nSPS) is 10.5. The number of aromatic carboxylic acids is 1. The van der Waals surface area contributed by atoms with Crippen molar-refractivity contribution in [3.63, 3.8) is 0 Å². The molecular formula is C14H9ClF2O2. The molecule has 0 saturated heterocycles. The number of rotatable bonds is 2. The third-order valence-corrected chi connectivity index (χ3v) is 3.01. The summed E-state index contributed by atoms with van der Waals surface area (Å²) in [6.45, 7) is 1.43. The van der Waals surface area contributed by atoms with Crippen LogP contribution in [0.4, 0.5) is 8.78 Å². The highest BCUT2D eigenvalue weighted by Crippen LogP contribution is 2.31. The van der Waals surface area contributed by atoms with Crippen LogP contribution in [0.15, 0.2) is 30.3 Å². The molecule has 0 aliphatic carbocycles. The molecule has 0 fully saturated rings. The molecule has 0 atom stereocenters. The van der Waals surface area contributed by atoms with E-state index in [0.29, 0.717) is 0 Å². The van der Waals surface area contributed by atoms with Crippen molar-refractivity contribution >= 4 is 17.6 Å². The monoisotopic (exact) mass is 282 g/mol. The van der Waals surface area contributed by atoms with Crippen LogP contribution in [0, 0.1) is 18.6 Å². The highest BCUT2D eigenvalue weighted by molar-refractivity contribution is 6.31. The average Bonchev–Trinajstić information content (AvgIpc) is 2.35. The van der Waals surface area contributed by atoms with E-state index >= 15 is 0 Å². The number of carbonyl (C=O) groups is 1. The maximum atomic E-state index is 13.9.